The van der Waals surface area contributed by atoms with E-state index in [1.807, 2.05) is 23.9 Å². The van der Waals surface area contributed by atoms with Gasteiger partial charge in [-0.25, -0.2) is 4.98 Å². The SMILES string of the molecule is Nc1ccc(-c2cc3c(cc2-c2ccc(-c4nc5ccccc5n4-c4ccccc4)cc2)C2(c4ccccc4Sc4ccccc42)c2ccccc2-3)cc1. The molecule has 4 heteroatoms. The topological polar surface area (TPSA) is 43.8 Å². The Labute approximate surface area is 318 Å². The van der Waals surface area contributed by atoms with Gasteiger partial charge in [0.15, 0.2) is 0 Å². The first-order valence-electron chi connectivity index (χ1n) is 18.3. The van der Waals surface area contributed by atoms with Gasteiger partial charge in [-0.05, 0) is 116 Å². The summed E-state index contributed by atoms with van der Waals surface area (Å²) in [6.07, 6.45) is 0. The Morgan fingerprint density at radius 3 is 1.72 bits per heavy atom. The summed E-state index contributed by atoms with van der Waals surface area (Å²) < 4.78 is 2.26. The van der Waals surface area contributed by atoms with Gasteiger partial charge in [0.25, 0.3) is 0 Å². The van der Waals surface area contributed by atoms with Crippen molar-refractivity contribution in [1.29, 1.82) is 0 Å². The zero-order valence-electron chi connectivity index (χ0n) is 29.3. The number of nitrogens with zero attached hydrogens (tertiary/aromatic N) is 2. The Kier molecular flexibility index (Phi) is 6.85. The Morgan fingerprint density at radius 2 is 1.00 bits per heavy atom. The van der Waals surface area contributed by atoms with Crippen LogP contribution in [0.15, 0.2) is 198 Å². The van der Waals surface area contributed by atoms with Crippen molar-refractivity contribution < 1.29 is 0 Å². The van der Waals surface area contributed by atoms with E-state index < -0.39 is 5.41 Å². The van der Waals surface area contributed by atoms with Gasteiger partial charge < -0.3 is 5.73 Å². The normalized spacial score (nSPS) is 13.3. The summed E-state index contributed by atoms with van der Waals surface area (Å²) in [7, 11) is 0. The highest BCUT2D eigenvalue weighted by atomic mass is 32.2. The van der Waals surface area contributed by atoms with E-state index in [0.29, 0.717) is 0 Å². The molecule has 2 N–H and O–H groups in total. The minimum absolute atomic E-state index is 0.459. The lowest BCUT2D eigenvalue weighted by Crippen LogP contribution is -2.32. The average molecular weight is 708 g/mol. The predicted molar refractivity (Wildman–Crippen MR) is 223 cm³/mol. The van der Waals surface area contributed by atoms with E-state index in [9.17, 15) is 0 Å². The summed E-state index contributed by atoms with van der Waals surface area (Å²) in [5, 5.41) is 0. The van der Waals surface area contributed by atoms with Crippen molar-refractivity contribution in [3.63, 3.8) is 0 Å². The first kappa shape index (κ1) is 31.0. The van der Waals surface area contributed by atoms with Crippen molar-refractivity contribution in [2.24, 2.45) is 0 Å². The Bertz CT molecular complexity index is 2860. The van der Waals surface area contributed by atoms with Crippen LogP contribution >= 0.6 is 11.8 Å². The molecule has 8 aromatic carbocycles. The Balaban J connectivity index is 1.16. The third-order valence-corrected chi connectivity index (χ3v) is 12.4. The van der Waals surface area contributed by atoms with E-state index in [2.05, 4.69) is 180 Å². The molecule has 0 saturated carbocycles. The van der Waals surface area contributed by atoms with Crippen molar-refractivity contribution in [1.82, 2.24) is 9.55 Å². The molecule has 11 rings (SSSR count). The summed E-state index contributed by atoms with van der Waals surface area (Å²) >= 11 is 1.88. The minimum Gasteiger partial charge on any atom is -0.399 e. The number of imidazole rings is 1. The summed E-state index contributed by atoms with van der Waals surface area (Å²) in [6.45, 7) is 0. The second-order valence-electron chi connectivity index (χ2n) is 14.1. The number of para-hydroxylation sites is 3. The molecule has 2 heterocycles. The molecule has 9 aromatic rings. The molecule has 0 amide bonds. The summed E-state index contributed by atoms with van der Waals surface area (Å²) in [6, 6.07) is 68.0. The first-order valence-corrected chi connectivity index (χ1v) is 19.1. The highest BCUT2D eigenvalue weighted by Gasteiger charge is 2.50. The maximum absolute atomic E-state index is 6.24. The number of nitrogens with two attached hydrogens (primary N) is 1. The lowest BCUT2D eigenvalue weighted by Gasteiger charge is -2.39. The van der Waals surface area contributed by atoms with Crippen LogP contribution in [0, 0.1) is 0 Å². The second-order valence-corrected chi connectivity index (χ2v) is 15.2. The van der Waals surface area contributed by atoms with Crippen LogP contribution in [-0.2, 0) is 5.41 Å². The van der Waals surface area contributed by atoms with E-state index in [1.165, 1.54) is 54.3 Å². The van der Waals surface area contributed by atoms with Gasteiger partial charge in [0.2, 0.25) is 0 Å². The van der Waals surface area contributed by atoms with Crippen molar-refractivity contribution in [3.05, 3.63) is 210 Å². The van der Waals surface area contributed by atoms with Crippen molar-refractivity contribution in [3.8, 4) is 50.5 Å². The van der Waals surface area contributed by atoms with Gasteiger partial charge in [-0.2, -0.15) is 0 Å². The average Bonchev–Trinajstić information content (AvgIpc) is 3.76. The third kappa shape index (κ3) is 4.47. The van der Waals surface area contributed by atoms with Crippen LogP contribution in [0.3, 0.4) is 0 Å². The monoisotopic (exact) mass is 707 g/mol. The van der Waals surface area contributed by atoms with Crippen molar-refractivity contribution in [2.45, 2.75) is 15.2 Å². The lowest BCUT2D eigenvalue weighted by atomic mass is 9.67. The van der Waals surface area contributed by atoms with Gasteiger partial charge in [0.1, 0.15) is 5.82 Å². The van der Waals surface area contributed by atoms with Gasteiger partial charge in [-0.15, -0.1) is 0 Å². The number of nitrogen functional groups attached to an aromatic ring is 1. The number of fused-ring (bicyclic) bond motifs is 10. The highest BCUT2D eigenvalue weighted by Crippen LogP contribution is 2.63. The molecule has 0 saturated heterocycles. The van der Waals surface area contributed by atoms with Crippen LogP contribution in [0.4, 0.5) is 5.69 Å². The minimum atomic E-state index is -0.459. The molecular weight excluding hydrogens is 675 g/mol. The fraction of sp³-hybridized carbons (Fsp3) is 0.0200. The molecule has 1 aromatic heterocycles. The Hall–Kier alpha value is -6.62. The van der Waals surface area contributed by atoms with Crippen LogP contribution in [-0.4, -0.2) is 9.55 Å². The van der Waals surface area contributed by atoms with E-state index >= 15 is 0 Å². The zero-order valence-corrected chi connectivity index (χ0v) is 30.1. The van der Waals surface area contributed by atoms with Crippen LogP contribution in [0.1, 0.15) is 22.3 Å². The number of anilines is 1. The molecular formula is C50H33N3S. The molecule has 0 atom stereocenters. The van der Waals surface area contributed by atoms with Crippen molar-refractivity contribution in [2.75, 3.05) is 5.73 Å². The van der Waals surface area contributed by atoms with Gasteiger partial charge in [-0.3, -0.25) is 4.57 Å². The maximum atomic E-state index is 6.24. The van der Waals surface area contributed by atoms with E-state index in [4.69, 9.17) is 10.7 Å². The standard InChI is InChI=1S/C50H33N3S/c51-35-28-26-33(27-29-35)38-30-40-37-14-4-5-15-41(37)50(42-16-6-10-20-47(42)54-48-21-11-7-17-43(48)50)44(40)31-39(38)32-22-24-34(25-23-32)49-52-45-18-8-9-19-46(45)53(49)36-12-2-1-3-13-36/h1-31H,51H2. The third-order valence-electron chi connectivity index (χ3n) is 11.2. The van der Waals surface area contributed by atoms with Gasteiger partial charge in [-0.1, -0.05) is 139 Å². The molecule has 1 aliphatic heterocycles. The molecule has 54 heavy (non-hydrogen) atoms. The molecule has 0 unspecified atom stereocenters. The van der Waals surface area contributed by atoms with Gasteiger partial charge in [0, 0.05) is 26.7 Å². The van der Waals surface area contributed by atoms with Crippen molar-refractivity contribution >= 4 is 28.5 Å². The Morgan fingerprint density at radius 1 is 0.444 bits per heavy atom. The number of benzene rings is 8. The van der Waals surface area contributed by atoms with E-state index in [-0.39, 0.29) is 0 Å². The van der Waals surface area contributed by atoms with Crippen LogP contribution in [0.2, 0.25) is 0 Å². The first-order chi connectivity index (χ1) is 26.7. The molecule has 1 aliphatic carbocycles. The van der Waals surface area contributed by atoms with Gasteiger partial charge in [0.05, 0.1) is 16.4 Å². The fourth-order valence-electron chi connectivity index (χ4n) is 8.89. The van der Waals surface area contributed by atoms with Crippen LogP contribution < -0.4 is 5.73 Å². The number of rotatable bonds is 4. The molecule has 0 radical (unpaired) electrons. The van der Waals surface area contributed by atoms with E-state index in [1.54, 1.807) is 0 Å². The lowest BCUT2D eigenvalue weighted by molar-refractivity contribution is 0.722. The van der Waals surface area contributed by atoms with Gasteiger partial charge >= 0.3 is 0 Å². The largest absolute Gasteiger partial charge is 0.399 e. The number of aromatic nitrogens is 2. The molecule has 3 nitrogen and oxygen atoms in total. The fourth-order valence-corrected chi connectivity index (χ4v) is 10.1. The molecule has 0 bridgehead atoms. The maximum Gasteiger partial charge on any atom is 0.145 e. The van der Waals surface area contributed by atoms with Crippen LogP contribution in [0.25, 0.3) is 61.5 Å². The smallest absolute Gasteiger partial charge is 0.145 e. The zero-order chi connectivity index (χ0) is 35.8. The second kappa shape index (κ2) is 12.0. The van der Waals surface area contributed by atoms with E-state index in [0.717, 1.165) is 44.9 Å². The number of hydrogen-bond acceptors (Lipinski definition) is 3. The summed E-state index contributed by atoms with van der Waals surface area (Å²) in [5.41, 5.74) is 23.2. The molecule has 2 aliphatic rings. The summed E-state index contributed by atoms with van der Waals surface area (Å²) in [5.74, 6) is 0.920. The quantitative estimate of drug-likeness (QED) is 0.185. The predicted octanol–water partition coefficient (Wildman–Crippen LogP) is 12.4. The summed E-state index contributed by atoms with van der Waals surface area (Å²) in [4.78, 5) is 7.75. The number of hydrogen-bond donors (Lipinski definition) is 1. The van der Waals surface area contributed by atoms with Crippen LogP contribution in [0.5, 0.6) is 0 Å². The molecule has 254 valence electrons. The molecule has 1 spiro atoms. The molecule has 0 fully saturated rings. The highest BCUT2D eigenvalue weighted by molar-refractivity contribution is 7.99.